The van der Waals surface area contributed by atoms with E-state index in [-0.39, 0.29) is 5.91 Å². The van der Waals surface area contributed by atoms with Crippen LogP contribution < -0.4 is 10.2 Å². The molecule has 6 heteroatoms. The second-order valence-electron chi connectivity index (χ2n) is 6.03. The summed E-state index contributed by atoms with van der Waals surface area (Å²) in [5, 5.41) is 8.90. The van der Waals surface area contributed by atoms with Gasteiger partial charge in [0.05, 0.1) is 11.4 Å². The number of hydrogen-bond acceptors (Lipinski definition) is 4. The lowest BCUT2D eigenvalue weighted by Crippen LogP contribution is -3.11. The molecule has 0 aliphatic heterocycles. The number of quaternary nitrogens is 1. The van der Waals surface area contributed by atoms with Crippen molar-refractivity contribution in [2.24, 2.45) is 0 Å². The van der Waals surface area contributed by atoms with E-state index in [1.54, 1.807) is 17.4 Å². The number of aryl methyl sites for hydroxylation is 1. The fourth-order valence-corrected chi connectivity index (χ4v) is 3.35. The Balaban J connectivity index is 1.58. The smallest absolute Gasteiger partial charge is 0.281 e. The number of carbonyl (C=O) groups is 1. The number of thiophene rings is 1. The molecule has 3 aromatic rings. The SMILES string of the molecule is CC[NH+](CC(=O)Nc1cc(-c2ccc(C)cc2)no1)Cc1cccs1. The van der Waals surface area contributed by atoms with E-state index in [9.17, 15) is 4.79 Å². The summed E-state index contributed by atoms with van der Waals surface area (Å²) >= 11 is 1.72. The first-order valence-corrected chi connectivity index (χ1v) is 9.21. The van der Waals surface area contributed by atoms with Gasteiger partial charge in [-0.25, -0.2) is 0 Å². The van der Waals surface area contributed by atoms with Crippen LogP contribution in [0.4, 0.5) is 5.88 Å². The van der Waals surface area contributed by atoms with Gasteiger partial charge in [0.1, 0.15) is 12.2 Å². The highest BCUT2D eigenvalue weighted by molar-refractivity contribution is 7.09. The molecule has 0 bridgehead atoms. The molecule has 5 nitrogen and oxygen atoms in total. The van der Waals surface area contributed by atoms with Gasteiger partial charge < -0.3 is 9.42 Å². The van der Waals surface area contributed by atoms with Crippen molar-refractivity contribution in [2.45, 2.75) is 20.4 Å². The number of amides is 1. The Morgan fingerprint density at radius 1 is 1.28 bits per heavy atom. The predicted molar refractivity (Wildman–Crippen MR) is 99.7 cm³/mol. The summed E-state index contributed by atoms with van der Waals surface area (Å²) in [5.41, 5.74) is 2.87. The standard InChI is InChI=1S/C19H21N3O2S/c1-3-22(12-16-5-4-10-25-16)13-18(23)20-19-11-17(21-24-19)15-8-6-14(2)7-9-15/h4-11H,3,12-13H2,1-2H3,(H,20,23)/p+1. The van der Waals surface area contributed by atoms with Crippen molar-refractivity contribution in [1.82, 2.24) is 5.16 Å². The zero-order valence-corrected chi connectivity index (χ0v) is 15.2. The Kier molecular flexibility index (Phi) is 5.63. The monoisotopic (exact) mass is 356 g/mol. The van der Waals surface area contributed by atoms with Crippen LogP contribution in [0.5, 0.6) is 0 Å². The number of anilines is 1. The van der Waals surface area contributed by atoms with Gasteiger partial charge in [0.25, 0.3) is 5.91 Å². The summed E-state index contributed by atoms with van der Waals surface area (Å²) in [6, 6.07) is 13.9. The third-order valence-electron chi connectivity index (χ3n) is 4.03. The van der Waals surface area contributed by atoms with Gasteiger partial charge in [0.15, 0.2) is 6.54 Å². The molecule has 0 radical (unpaired) electrons. The van der Waals surface area contributed by atoms with Crippen molar-refractivity contribution in [3.05, 3.63) is 58.3 Å². The Labute approximate surface area is 151 Å². The van der Waals surface area contributed by atoms with E-state index >= 15 is 0 Å². The average molecular weight is 356 g/mol. The van der Waals surface area contributed by atoms with Gasteiger partial charge in [0.2, 0.25) is 5.88 Å². The van der Waals surface area contributed by atoms with E-state index in [4.69, 9.17) is 4.52 Å². The van der Waals surface area contributed by atoms with Crippen LogP contribution in [0, 0.1) is 6.92 Å². The van der Waals surface area contributed by atoms with Gasteiger partial charge in [-0.3, -0.25) is 10.1 Å². The summed E-state index contributed by atoms with van der Waals surface area (Å²) < 4.78 is 5.25. The molecule has 25 heavy (non-hydrogen) atoms. The van der Waals surface area contributed by atoms with Gasteiger partial charge in [-0.15, -0.1) is 11.3 Å². The largest absolute Gasteiger partial charge is 0.338 e. The molecule has 0 aliphatic rings. The molecule has 2 N–H and O–H groups in total. The number of nitrogens with one attached hydrogen (secondary N) is 2. The highest BCUT2D eigenvalue weighted by Crippen LogP contribution is 2.21. The number of benzene rings is 1. The van der Waals surface area contributed by atoms with E-state index in [1.807, 2.05) is 37.3 Å². The number of rotatable bonds is 7. The maximum atomic E-state index is 12.3. The van der Waals surface area contributed by atoms with E-state index in [1.165, 1.54) is 15.3 Å². The fourth-order valence-electron chi connectivity index (χ4n) is 2.58. The molecule has 1 aromatic carbocycles. The second-order valence-corrected chi connectivity index (χ2v) is 7.06. The van der Waals surface area contributed by atoms with Crippen LogP contribution in [0.2, 0.25) is 0 Å². The van der Waals surface area contributed by atoms with Gasteiger partial charge in [-0.05, 0) is 25.3 Å². The van der Waals surface area contributed by atoms with Crippen molar-refractivity contribution in [3.8, 4) is 11.3 Å². The topological polar surface area (TPSA) is 59.6 Å². The Morgan fingerprint density at radius 2 is 2.08 bits per heavy atom. The third kappa shape index (κ3) is 4.78. The first-order valence-electron chi connectivity index (χ1n) is 8.33. The van der Waals surface area contributed by atoms with Crippen molar-refractivity contribution in [3.63, 3.8) is 0 Å². The Hall–Kier alpha value is -2.44. The van der Waals surface area contributed by atoms with Crippen LogP contribution in [-0.2, 0) is 11.3 Å². The maximum absolute atomic E-state index is 12.3. The van der Waals surface area contributed by atoms with E-state index in [0.29, 0.717) is 18.1 Å². The Morgan fingerprint density at radius 3 is 2.76 bits per heavy atom. The quantitative estimate of drug-likeness (QED) is 0.684. The fraction of sp³-hybridized carbons (Fsp3) is 0.263. The molecule has 0 saturated carbocycles. The molecular formula is C19H22N3O2S+. The number of aromatic nitrogens is 1. The predicted octanol–water partition coefficient (Wildman–Crippen LogP) is 2.76. The molecule has 1 amide bonds. The zero-order valence-electron chi connectivity index (χ0n) is 14.4. The zero-order chi connectivity index (χ0) is 17.6. The minimum Gasteiger partial charge on any atom is -0.338 e. The van der Waals surface area contributed by atoms with E-state index in [2.05, 4.69) is 28.8 Å². The number of nitrogens with zero attached hydrogens (tertiary/aromatic N) is 1. The minimum absolute atomic E-state index is 0.0694. The summed E-state index contributed by atoms with van der Waals surface area (Å²) in [6.07, 6.45) is 0. The summed E-state index contributed by atoms with van der Waals surface area (Å²) in [7, 11) is 0. The van der Waals surface area contributed by atoms with Crippen molar-refractivity contribution >= 4 is 23.1 Å². The minimum atomic E-state index is -0.0694. The number of likely N-dealkylation sites (N-methyl/N-ethyl adjacent to an activating group) is 1. The normalized spacial score (nSPS) is 12.1. The lowest BCUT2D eigenvalue weighted by molar-refractivity contribution is -0.903. The molecule has 3 rings (SSSR count). The molecule has 2 heterocycles. The molecule has 0 fully saturated rings. The van der Waals surface area contributed by atoms with E-state index < -0.39 is 0 Å². The lowest BCUT2D eigenvalue weighted by atomic mass is 10.1. The van der Waals surface area contributed by atoms with E-state index in [0.717, 1.165) is 18.7 Å². The number of hydrogen-bond donors (Lipinski definition) is 2. The second kappa shape index (κ2) is 8.09. The molecule has 0 spiro atoms. The maximum Gasteiger partial charge on any atom is 0.281 e. The van der Waals surface area contributed by atoms with Gasteiger partial charge in [-0.1, -0.05) is 41.1 Å². The summed E-state index contributed by atoms with van der Waals surface area (Å²) in [5.74, 6) is 0.312. The van der Waals surface area contributed by atoms with Gasteiger partial charge >= 0.3 is 0 Å². The van der Waals surface area contributed by atoms with Gasteiger partial charge in [0, 0.05) is 11.6 Å². The van der Waals surface area contributed by atoms with Crippen LogP contribution in [-0.4, -0.2) is 24.2 Å². The first-order chi connectivity index (χ1) is 12.1. The van der Waals surface area contributed by atoms with Crippen LogP contribution in [0.25, 0.3) is 11.3 Å². The van der Waals surface area contributed by atoms with Crippen molar-refractivity contribution in [2.75, 3.05) is 18.4 Å². The summed E-state index contributed by atoms with van der Waals surface area (Å²) in [4.78, 5) is 14.8. The molecular weight excluding hydrogens is 334 g/mol. The van der Waals surface area contributed by atoms with Crippen LogP contribution in [0.15, 0.2) is 52.4 Å². The van der Waals surface area contributed by atoms with Crippen LogP contribution in [0.3, 0.4) is 0 Å². The molecule has 130 valence electrons. The third-order valence-corrected chi connectivity index (χ3v) is 4.91. The molecule has 0 saturated heterocycles. The average Bonchev–Trinajstić information content (AvgIpc) is 3.27. The highest BCUT2D eigenvalue weighted by Gasteiger charge is 2.16. The molecule has 2 aromatic heterocycles. The van der Waals surface area contributed by atoms with Gasteiger partial charge in [-0.2, -0.15) is 0 Å². The highest BCUT2D eigenvalue weighted by atomic mass is 32.1. The lowest BCUT2D eigenvalue weighted by Gasteiger charge is -2.15. The number of carbonyl (C=O) groups excluding carboxylic acids is 1. The van der Waals surface area contributed by atoms with Crippen LogP contribution in [0.1, 0.15) is 17.4 Å². The summed E-state index contributed by atoms with van der Waals surface area (Å²) in [6.45, 7) is 6.26. The van der Waals surface area contributed by atoms with Crippen LogP contribution >= 0.6 is 11.3 Å². The van der Waals surface area contributed by atoms with Crippen molar-refractivity contribution in [1.29, 1.82) is 0 Å². The first kappa shape index (κ1) is 17.4. The van der Waals surface area contributed by atoms with Crippen molar-refractivity contribution < 1.29 is 14.2 Å². The molecule has 1 atom stereocenters. The molecule has 1 unspecified atom stereocenters. The Bertz CT molecular complexity index is 810. The molecule has 0 aliphatic carbocycles.